The number of nitriles is 1. The molecule has 67 heavy (non-hydrogen) atoms. The van der Waals surface area contributed by atoms with Gasteiger partial charge in [-0.05, 0) is 78.6 Å². The van der Waals surface area contributed by atoms with Crippen LogP contribution >= 0.6 is 22.9 Å². The Labute approximate surface area is 401 Å². The number of thiazole rings is 1. The van der Waals surface area contributed by atoms with Crippen molar-refractivity contribution in [2.45, 2.75) is 118 Å². The lowest BCUT2D eigenvalue weighted by Gasteiger charge is -2.63. The van der Waals surface area contributed by atoms with Crippen molar-refractivity contribution in [1.82, 2.24) is 25.8 Å². The van der Waals surface area contributed by atoms with Gasteiger partial charge in [-0.25, -0.2) is 4.98 Å². The van der Waals surface area contributed by atoms with Gasteiger partial charge < -0.3 is 40.2 Å². The number of carbonyl (C=O) groups excluding carboxylic acids is 4. The van der Waals surface area contributed by atoms with Crippen molar-refractivity contribution < 1.29 is 38.5 Å². The summed E-state index contributed by atoms with van der Waals surface area (Å²) in [7, 11) is 0. The molecular weight excluding hydrogens is 892 g/mol. The maximum atomic E-state index is 14.0. The minimum Gasteiger partial charge on any atom is -0.490 e. The van der Waals surface area contributed by atoms with Crippen LogP contribution in [0.25, 0.3) is 10.4 Å². The predicted octanol–water partition coefficient (Wildman–Crippen LogP) is 7.24. The molecule has 4 amide bonds. The van der Waals surface area contributed by atoms with E-state index in [4.69, 9.17) is 25.8 Å². The molecule has 0 unspecified atom stereocenters. The van der Waals surface area contributed by atoms with E-state index in [1.165, 1.54) is 4.90 Å². The summed E-state index contributed by atoms with van der Waals surface area (Å²) >= 11 is 7.81. The van der Waals surface area contributed by atoms with E-state index in [1.807, 2.05) is 57.5 Å². The number of nitrogens with one attached hydrogen (secondary N) is 3. The fourth-order valence-corrected chi connectivity index (χ4v) is 10.9. The van der Waals surface area contributed by atoms with Crippen LogP contribution in [0.2, 0.25) is 5.02 Å². The lowest BCUT2D eigenvalue weighted by atomic mass is 9.49. The van der Waals surface area contributed by atoms with Crippen LogP contribution in [-0.4, -0.2) is 94.8 Å². The van der Waals surface area contributed by atoms with Gasteiger partial charge in [0, 0.05) is 48.0 Å². The Balaban J connectivity index is 0.825. The Morgan fingerprint density at radius 2 is 1.64 bits per heavy atom. The lowest BCUT2D eigenvalue weighted by Crippen LogP contribution is -2.74. The summed E-state index contributed by atoms with van der Waals surface area (Å²) < 4.78 is 18.3. The molecule has 0 spiro atoms. The van der Waals surface area contributed by atoms with Crippen LogP contribution in [-0.2, 0) is 25.7 Å². The van der Waals surface area contributed by atoms with Gasteiger partial charge in [-0.3, -0.25) is 19.2 Å². The van der Waals surface area contributed by atoms with Crippen molar-refractivity contribution in [3.05, 3.63) is 99.6 Å². The Hall–Kier alpha value is -5.53. The molecule has 356 valence electrons. The highest BCUT2D eigenvalue weighted by Crippen LogP contribution is 2.55. The molecule has 7 rings (SSSR count). The van der Waals surface area contributed by atoms with Gasteiger partial charge >= 0.3 is 0 Å². The Morgan fingerprint density at radius 3 is 2.25 bits per heavy atom. The number of hydrogen-bond donors (Lipinski definition) is 4. The number of likely N-dealkylation sites (tertiary alicyclic amines) is 1. The first-order valence-corrected chi connectivity index (χ1v) is 24.0. The summed E-state index contributed by atoms with van der Waals surface area (Å²) in [4.78, 5) is 60.9. The minimum atomic E-state index is -0.962. The zero-order valence-corrected chi connectivity index (χ0v) is 40.9. The maximum absolute atomic E-state index is 14.0. The van der Waals surface area contributed by atoms with Crippen LogP contribution in [0.1, 0.15) is 94.9 Å². The number of aromatic nitrogens is 1. The Morgan fingerprint density at radius 1 is 0.970 bits per heavy atom. The second-order valence-electron chi connectivity index (χ2n) is 20.4. The standard InChI is InChI=1S/C51H61ClN6O8S/c1-29-42(67-28-55-29)32-11-9-30(10-12-32)24-54-45(62)40-21-35(59)25-58(40)46(63)43(49(2,3)4)56-41(60)27-64-26-31-19-38(20-31)65-36-16-13-33(14-17-36)44(61)57-47-50(5,6)48(51(47,7)8)66-37-18-15-34(23-53)39(52)22-37/h9-18,22,28,31,35,38,40,43,47-48,59H,19-21,24-27H2,1-8H3,(H,54,62)(H,56,60)(H,57,61)/t31?,35-,38?,40+,43-,47?,48?/m1/s1. The van der Waals surface area contributed by atoms with E-state index in [9.17, 15) is 29.5 Å². The summed E-state index contributed by atoms with van der Waals surface area (Å²) in [6.07, 6.45) is 0.429. The van der Waals surface area contributed by atoms with Crippen LogP contribution in [0.4, 0.5) is 0 Å². The van der Waals surface area contributed by atoms with Crippen molar-refractivity contribution in [3.8, 4) is 28.0 Å². The number of nitrogens with zero attached hydrogens (tertiary/aromatic N) is 3. The first-order chi connectivity index (χ1) is 31.6. The molecule has 3 aromatic carbocycles. The second-order valence-corrected chi connectivity index (χ2v) is 21.6. The monoisotopic (exact) mass is 952 g/mol. The van der Waals surface area contributed by atoms with Crippen LogP contribution < -0.4 is 25.4 Å². The molecule has 4 aromatic rings. The molecule has 1 aromatic heterocycles. The molecule has 1 aliphatic heterocycles. The fraction of sp³-hybridized carbons (Fsp3) is 0.490. The summed E-state index contributed by atoms with van der Waals surface area (Å²) in [5.41, 5.74) is 4.11. The normalized spacial score (nSPS) is 23.1. The molecule has 2 heterocycles. The average molecular weight is 954 g/mol. The molecular formula is C51H61ClN6O8S. The van der Waals surface area contributed by atoms with Gasteiger partial charge in [0.05, 0.1) is 45.5 Å². The van der Waals surface area contributed by atoms with E-state index in [1.54, 1.807) is 53.8 Å². The number of carbonyl (C=O) groups is 4. The van der Waals surface area contributed by atoms with E-state index in [0.29, 0.717) is 34.3 Å². The third-order valence-corrected chi connectivity index (χ3v) is 14.6. The number of aliphatic hydroxyl groups is 1. The molecule has 0 bridgehead atoms. The number of rotatable bonds is 16. The van der Waals surface area contributed by atoms with Crippen LogP contribution in [0.15, 0.2) is 72.2 Å². The predicted molar refractivity (Wildman–Crippen MR) is 255 cm³/mol. The number of hydrogen-bond acceptors (Lipinski definition) is 11. The SMILES string of the molecule is Cc1ncsc1-c1ccc(CNC(=O)[C@@H]2C[C@@H](O)CN2C(=O)[C@@H](NC(=O)COCC2CC(Oc3ccc(C(=O)NC4C(C)(C)C(Oc5ccc(C#N)c(Cl)c5)C4(C)C)cc3)C2)C(C)(C)C)cc1. The highest BCUT2D eigenvalue weighted by atomic mass is 35.5. The molecule has 3 atom stereocenters. The van der Waals surface area contributed by atoms with Crippen molar-refractivity contribution >= 4 is 46.6 Å². The zero-order chi connectivity index (χ0) is 48.4. The average Bonchev–Trinajstić information content (AvgIpc) is 3.89. The molecule has 2 aliphatic carbocycles. The maximum Gasteiger partial charge on any atom is 0.251 e. The summed E-state index contributed by atoms with van der Waals surface area (Å²) in [6.45, 7) is 16.1. The summed E-state index contributed by atoms with van der Waals surface area (Å²) in [5.74, 6) is -0.0506. The van der Waals surface area contributed by atoms with Gasteiger partial charge in [0.2, 0.25) is 17.7 Å². The van der Waals surface area contributed by atoms with E-state index in [0.717, 1.165) is 34.5 Å². The number of amides is 4. The molecule has 2 saturated carbocycles. The number of aryl methyl sites for hydroxylation is 1. The second kappa shape index (κ2) is 20.0. The van der Waals surface area contributed by atoms with Crippen molar-refractivity contribution in [2.24, 2.45) is 22.2 Å². The zero-order valence-electron chi connectivity index (χ0n) is 39.4. The van der Waals surface area contributed by atoms with Gasteiger partial charge in [-0.2, -0.15) is 5.26 Å². The van der Waals surface area contributed by atoms with Gasteiger partial charge in [0.15, 0.2) is 0 Å². The highest BCUT2D eigenvalue weighted by Gasteiger charge is 2.64. The third-order valence-electron chi connectivity index (χ3n) is 13.3. The molecule has 16 heteroatoms. The number of benzene rings is 3. The van der Waals surface area contributed by atoms with Crippen molar-refractivity contribution in [3.63, 3.8) is 0 Å². The number of ether oxygens (including phenoxy) is 3. The summed E-state index contributed by atoms with van der Waals surface area (Å²) in [6, 6.07) is 20.0. The van der Waals surface area contributed by atoms with Gasteiger partial charge in [-0.15, -0.1) is 11.3 Å². The Bertz CT molecular complexity index is 2480. The molecule has 3 fully saturated rings. The van der Waals surface area contributed by atoms with Crippen LogP contribution in [0.5, 0.6) is 11.5 Å². The van der Waals surface area contributed by atoms with E-state index < -0.39 is 46.2 Å². The molecule has 3 aliphatic rings. The Kier molecular flexibility index (Phi) is 14.7. The minimum absolute atomic E-state index is 0.0162. The van der Waals surface area contributed by atoms with Crippen LogP contribution in [0.3, 0.4) is 0 Å². The lowest BCUT2D eigenvalue weighted by molar-refractivity contribution is -0.164. The van der Waals surface area contributed by atoms with E-state index >= 15 is 0 Å². The highest BCUT2D eigenvalue weighted by molar-refractivity contribution is 7.13. The molecule has 14 nitrogen and oxygen atoms in total. The smallest absolute Gasteiger partial charge is 0.251 e. The molecule has 4 N–H and O–H groups in total. The number of halogens is 1. The first kappa shape index (κ1) is 49.4. The first-order valence-electron chi connectivity index (χ1n) is 22.7. The van der Waals surface area contributed by atoms with E-state index in [2.05, 4.69) is 54.7 Å². The summed E-state index contributed by atoms with van der Waals surface area (Å²) in [5, 5.41) is 29.1. The fourth-order valence-electron chi connectivity index (χ4n) is 9.90. The number of β-amino-alcohol motifs (C(OH)–C–C–N with tert-alkyl or cyclic N) is 1. The van der Waals surface area contributed by atoms with Crippen molar-refractivity contribution in [2.75, 3.05) is 19.8 Å². The van der Waals surface area contributed by atoms with E-state index in [-0.39, 0.29) is 62.1 Å². The third kappa shape index (κ3) is 11.1. The van der Waals surface area contributed by atoms with Crippen LogP contribution in [0, 0.1) is 40.4 Å². The molecule has 1 saturated heterocycles. The van der Waals surface area contributed by atoms with Gasteiger partial charge in [0.25, 0.3) is 5.91 Å². The largest absolute Gasteiger partial charge is 0.490 e. The van der Waals surface area contributed by atoms with Gasteiger partial charge in [-0.1, -0.05) is 84.3 Å². The van der Waals surface area contributed by atoms with Crippen molar-refractivity contribution in [1.29, 1.82) is 5.26 Å². The quantitative estimate of drug-likeness (QED) is 0.0891. The molecule has 0 radical (unpaired) electrons. The van der Waals surface area contributed by atoms with Gasteiger partial charge in [0.1, 0.15) is 42.4 Å². The number of aliphatic hydroxyl groups excluding tert-OH is 1. The topological polar surface area (TPSA) is 192 Å².